The zero-order valence-corrected chi connectivity index (χ0v) is 18.1. The van der Waals surface area contributed by atoms with Gasteiger partial charge in [-0.05, 0) is 35.9 Å². The molecule has 5 rings (SSSR count). The van der Waals surface area contributed by atoms with Crippen LogP contribution in [0.1, 0.15) is 34.3 Å². The maximum absolute atomic E-state index is 12.5. The Morgan fingerprint density at radius 1 is 0.938 bits per heavy atom. The molecule has 2 heterocycles. The third-order valence-corrected chi connectivity index (χ3v) is 6.13. The molecule has 0 bridgehead atoms. The zero-order valence-electron chi connectivity index (χ0n) is 18.1. The maximum Gasteiger partial charge on any atom is 0.272 e. The lowest BCUT2D eigenvalue weighted by Gasteiger charge is -2.35. The van der Waals surface area contributed by atoms with Crippen LogP contribution in [0.5, 0.6) is 0 Å². The molecule has 6 nitrogen and oxygen atoms in total. The minimum Gasteiger partial charge on any atom is -0.377 e. The molecule has 1 aromatic heterocycles. The topological polar surface area (TPSA) is 81.8 Å². The van der Waals surface area contributed by atoms with Crippen molar-refractivity contribution in [3.05, 3.63) is 106 Å². The minimum atomic E-state index is -0.160. The van der Waals surface area contributed by atoms with Crippen LogP contribution in [0, 0.1) is 0 Å². The fourth-order valence-electron chi connectivity index (χ4n) is 4.63. The highest BCUT2D eigenvalue weighted by Gasteiger charge is 2.34. The second-order valence-corrected chi connectivity index (χ2v) is 8.20. The number of anilines is 1. The smallest absolute Gasteiger partial charge is 0.272 e. The molecular weight excluding hydrogens is 398 g/mol. The molecule has 0 fully saturated rings. The molecule has 4 N–H and O–H groups in total. The molecule has 0 radical (unpaired) electrons. The summed E-state index contributed by atoms with van der Waals surface area (Å²) in [6, 6.07) is 24.9. The standard InChI is InChI=1S/C26H27N5O/c1-27-13-14-28-16-17-7-5-10-19(15-17)22-24(18-8-3-2-4-9-18)29-21-12-6-11-20-23(21)25(22)30-31-26(20)32/h2-12,15,22,24,27-29H,13-14,16H2,1H3,(H,31,32). The van der Waals surface area contributed by atoms with Gasteiger partial charge in [0, 0.05) is 30.7 Å². The van der Waals surface area contributed by atoms with E-state index < -0.39 is 0 Å². The molecule has 2 unspecified atom stereocenters. The lowest BCUT2D eigenvalue weighted by molar-refractivity contribution is 0.632. The van der Waals surface area contributed by atoms with Gasteiger partial charge < -0.3 is 16.0 Å². The Morgan fingerprint density at radius 3 is 2.59 bits per heavy atom. The highest BCUT2D eigenvalue weighted by atomic mass is 16.1. The normalized spacial score (nSPS) is 17.3. The van der Waals surface area contributed by atoms with Crippen molar-refractivity contribution in [3.63, 3.8) is 0 Å². The van der Waals surface area contributed by atoms with Crippen LogP contribution in [0.2, 0.25) is 0 Å². The fraction of sp³-hybridized carbons (Fsp3) is 0.231. The molecule has 0 saturated carbocycles. The van der Waals surface area contributed by atoms with Gasteiger partial charge in [-0.2, -0.15) is 5.10 Å². The second kappa shape index (κ2) is 8.94. The number of hydrogen-bond donors (Lipinski definition) is 4. The SMILES string of the molecule is CNCCNCc1cccc(C2c3n[nH]c(=O)c4cccc(c34)NC2c2ccccc2)c1. The van der Waals surface area contributed by atoms with Gasteiger partial charge in [0.1, 0.15) is 0 Å². The van der Waals surface area contributed by atoms with E-state index in [2.05, 4.69) is 74.7 Å². The van der Waals surface area contributed by atoms with Crippen LogP contribution in [0.15, 0.2) is 77.6 Å². The zero-order chi connectivity index (χ0) is 21.9. The van der Waals surface area contributed by atoms with E-state index in [1.165, 1.54) is 16.7 Å². The lowest BCUT2D eigenvalue weighted by atomic mass is 9.79. The summed E-state index contributed by atoms with van der Waals surface area (Å²) in [5.74, 6) is -0.0380. The van der Waals surface area contributed by atoms with Crippen molar-refractivity contribution < 1.29 is 0 Å². The predicted molar refractivity (Wildman–Crippen MR) is 129 cm³/mol. The maximum atomic E-state index is 12.5. The summed E-state index contributed by atoms with van der Waals surface area (Å²) in [4.78, 5) is 12.5. The third-order valence-electron chi connectivity index (χ3n) is 6.13. The average molecular weight is 426 g/mol. The Morgan fingerprint density at radius 2 is 1.75 bits per heavy atom. The van der Waals surface area contributed by atoms with Gasteiger partial charge in [0.25, 0.3) is 5.56 Å². The van der Waals surface area contributed by atoms with Gasteiger partial charge in [0.2, 0.25) is 0 Å². The number of benzene rings is 3. The van der Waals surface area contributed by atoms with Gasteiger partial charge in [-0.1, -0.05) is 60.7 Å². The lowest BCUT2D eigenvalue weighted by Crippen LogP contribution is -2.28. The number of aromatic amines is 1. The summed E-state index contributed by atoms with van der Waals surface area (Å²) in [6.07, 6.45) is 0. The highest BCUT2D eigenvalue weighted by molar-refractivity contribution is 5.97. The third kappa shape index (κ3) is 3.79. The molecule has 0 aliphatic carbocycles. The molecule has 1 aliphatic heterocycles. The van der Waals surface area contributed by atoms with Crippen LogP contribution >= 0.6 is 0 Å². The highest BCUT2D eigenvalue weighted by Crippen LogP contribution is 2.46. The summed E-state index contributed by atoms with van der Waals surface area (Å²) in [5.41, 5.74) is 5.28. The molecule has 2 atom stereocenters. The number of likely N-dealkylation sites (N-methyl/N-ethyl adjacent to an activating group) is 1. The first-order chi connectivity index (χ1) is 15.8. The van der Waals surface area contributed by atoms with E-state index in [-0.39, 0.29) is 17.5 Å². The van der Waals surface area contributed by atoms with Gasteiger partial charge in [0.05, 0.1) is 23.0 Å². The van der Waals surface area contributed by atoms with Crippen LogP contribution in [0.3, 0.4) is 0 Å². The van der Waals surface area contributed by atoms with Gasteiger partial charge in [0.15, 0.2) is 0 Å². The van der Waals surface area contributed by atoms with Crippen molar-refractivity contribution in [1.82, 2.24) is 20.8 Å². The van der Waals surface area contributed by atoms with Gasteiger partial charge in [-0.15, -0.1) is 0 Å². The molecule has 0 saturated heterocycles. The number of nitrogens with one attached hydrogen (secondary N) is 4. The van der Waals surface area contributed by atoms with E-state index in [1.54, 1.807) is 0 Å². The summed E-state index contributed by atoms with van der Waals surface area (Å²) in [5, 5.41) is 19.3. The molecule has 162 valence electrons. The quantitative estimate of drug-likeness (QED) is 0.341. The summed E-state index contributed by atoms with van der Waals surface area (Å²) >= 11 is 0. The fourth-order valence-corrected chi connectivity index (χ4v) is 4.63. The molecule has 1 aliphatic rings. The van der Waals surface area contributed by atoms with Crippen molar-refractivity contribution in [2.75, 3.05) is 25.5 Å². The van der Waals surface area contributed by atoms with Crippen LogP contribution < -0.4 is 21.5 Å². The molecule has 6 heteroatoms. The van der Waals surface area contributed by atoms with E-state index in [1.807, 2.05) is 31.3 Å². The molecular formula is C26H27N5O. The Labute approximate surface area is 187 Å². The first kappa shape index (κ1) is 20.4. The van der Waals surface area contributed by atoms with Crippen molar-refractivity contribution >= 4 is 16.5 Å². The number of aromatic nitrogens is 2. The Bertz CT molecular complexity index is 1280. The molecule has 0 spiro atoms. The van der Waals surface area contributed by atoms with Crippen molar-refractivity contribution in [1.29, 1.82) is 0 Å². The van der Waals surface area contributed by atoms with Crippen molar-refractivity contribution in [3.8, 4) is 0 Å². The van der Waals surface area contributed by atoms with E-state index in [4.69, 9.17) is 0 Å². The number of nitrogens with zero attached hydrogens (tertiary/aromatic N) is 1. The first-order valence-corrected chi connectivity index (χ1v) is 11.0. The van der Waals surface area contributed by atoms with Gasteiger partial charge in [-0.25, -0.2) is 5.10 Å². The van der Waals surface area contributed by atoms with E-state index in [0.29, 0.717) is 5.39 Å². The van der Waals surface area contributed by atoms with E-state index in [9.17, 15) is 4.79 Å². The second-order valence-electron chi connectivity index (χ2n) is 8.20. The van der Waals surface area contributed by atoms with Crippen LogP contribution in [-0.4, -0.2) is 30.3 Å². The van der Waals surface area contributed by atoms with Crippen LogP contribution in [0.25, 0.3) is 10.8 Å². The van der Waals surface area contributed by atoms with Gasteiger partial charge >= 0.3 is 0 Å². The first-order valence-electron chi connectivity index (χ1n) is 11.0. The predicted octanol–water partition coefficient (Wildman–Crippen LogP) is 3.53. The number of H-pyrrole nitrogens is 1. The Balaban J connectivity index is 1.62. The Kier molecular flexibility index (Phi) is 5.71. The van der Waals surface area contributed by atoms with Crippen LogP contribution in [0.4, 0.5) is 5.69 Å². The van der Waals surface area contributed by atoms with E-state index in [0.717, 1.165) is 36.4 Å². The van der Waals surface area contributed by atoms with E-state index >= 15 is 0 Å². The number of hydrogen-bond acceptors (Lipinski definition) is 5. The van der Waals surface area contributed by atoms with Crippen molar-refractivity contribution in [2.24, 2.45) is 0 Å². The average Bonchev–Trinajstić information content (AvgIpc) is 2.84. The molecule has 3 aromatic carbocycles. The molecule has 0 amide bonds. The summed E-state index contributed by atoms with van der Waals surface area (Å²) in [7, 11) is 1.96. The largest absolute Gasteiger partial charge is 0.377 e. The van der Waals surface area contributed by atoms with Crippen LogP contribution in [-0.2, 0) is 6.54 Å². The number of rotatable bonds is 7. The Hall–Kier alpha value is -3.48. The summed E-state index contributed by atoms with van der Waals surface area (Å²) < 4.78 is 0. The van der Waals surface area contributed by atoms with Crippen molar-refractivity contribution in [2.45, 2.75) is 18.5 Å². The summed E-state index contributed by atoms with van der Waals surface area (Å²) in [6.45, 7) is 2.64. The monoisotopic (exact) mass is 425 g/mol. The van der Waals surface area contributed by atoms with Gasteiger partial charge in [-0.3, -0.25) is 4.79 Å². The minimum absolute atomic E-state index is 0.000188. The molecule has 32 heavy (non-hydrogen) atoms. The molecule has 4 aromatic rings.